The van der Waals surface area contributed by atoms with E-state index in [0.717, 1.165) is 43.1 Å². The average Bonchev–Trinajstić information content (AvgIpc) is 2.77. The predicted octanol–water partition coefficient (Wildman–Crippen LogP) is 3.16. The Balaban J connectivity index is 2.86. The molecule has 0 aliphatic rings. The SMILES string of the molecule is CCCCC(C)n1c(CCC)nnc1SCC(=O)O. The molecule has 1 aromatic rings. The number of hydrogen-bond donors (Lipinski definition) is 1. The molecule has 19 heavy (non-hydrogen) atoms. The topological polar surface area (TPSA) is 68.0 Å². The van der Waals surface area contributed by atoms with Gasteiger partial charge in [0.2, 0.25) is 0 Å². The van der Waals surface area contributed by atoms with Crippen molar-refractivity contribution in [3.63, 3.8) is 0 Å². The summed E-state index contributed by atoms with van der Waals surface area (Å²) in [6, 6.07) is 0.327. The van der Waals surface area contributed by atoms with Gasteiger partial charge in [-0.15, -0.1) is 10.2 Å². The molecule has 0 aliphatic heterocycles. The van der Waals surface area contributed by atoms with E-state index in [1.54, 1.807) is 0 Å². The maximum atomic E-state index is 10.7. The number of rotatable bonds is 9. The average molecular weight is 285 g/mol. The van der Waals surface area contributed by atoms with Gasteiger partial charge in [-0.1, -0.05) is 38.5 Å². The van der Waals surface area contributed by atoms with Crippen LogP contribution >= 0.6 is 11.8 Å². The van der Waals surface area contributed by atoms with Crippen molar-refractivity contribution in [2.45, 2.75) is 64.1 Å². The van der Waals surface area contributed by atoms with E-state index in [0.29, 0.717) is 6.04 Å². The summed E-state index contributed by atoms with van der Waals surface area (Å²) in [7, 11) is 0. The first kappa shape index (κ1) is 16.0. The maximum Gasteiger partial charge on any atom is 0.313 e. The summed E-state index contributed by atoms with van der Waals surface area (Å²) in [6.07, 6.45) is 5.30. The second-order valence-electron chi connectivity index (χ2n) is 4.69. The molecule has 6 heteroatoms. The van der Waals surface area contributed by atoms with E-state index in [-0.39, 0.29) is 5.75 Å². The molecule has 1 rings (SSSR count). The molecule has 1 N–H and O–H groups in total. The van der Waals surface area contributed by atoms with Crippen molar-refractivity contribution in [3.8, 4) is 0 Å². The number of aryl methyl sites for hydroxylation is 1. The van der Waals surface area contributed by atoms with Crippen molar-refractivity contribution in [1.82, 2.24) is 14.8 Å². The summed E-state index contributed by atoms with van der Waals surface area (Å²) < 4.78 is 2.12. The number of unbranched alkanes of at least 4 members (excludes halogenated alkanes) is 1. The highest BCUT2D eigenvalue weighted by Gasteiger charge is 2.17. The molecule has 0 aromatic carbocycles. The van der Waals surface area contributed by atoms with Gasteiger partial charge < -0.3 is 9.67 Å². The summed E-state index contributed by atoms with van der Waals surface area (Å²) in [6.45, 7) is 6.44. The van der Waals surface area contributed by atoms with Crippen LogP contribution in [0.4, 0.5) is 0 Å². The fraction of sp³-hybridized carbons (Fsp3) is 0.769. The lowest BCUT2D eigenvalue weighted by Crippen LogP contribution is -2.11. The van der Waals surface area contributed by atoms with Crippen LogP contribution in [0.25, 0.3) is 0 Å². The van der Waals surface area contributed by atoms with Crippen LogP contribution in [-0.2, 0) is 11.2 Å². The number of carboxylic acid groups (broad SMARTS) is 1. The molecule has 1 atom stereocenters. The number of nitrogens with zero attached hydrogens (tertiary/aromatic N) is 3. The van der Waals surface area contributed by atoms with Gasteiger partial charge in [-0.3, -0.25) is 4.79 Å². The summed E-state index contributed by atoms with van der Waals surface area (Å²) in [5.74, 6) is 0.182. The number of hydrogen-bond acceptors (Lipinski definition) is 4. The van der Waals surface area contributed by atoms with Crippen molar-refractivity contribution >= 4 is 17.7 Å². The van der Waals surface area contributed by atoms with Crippen molar-refractivity contribution in [1.29, 1.82) is 0 Å². The number of carboxylic acids is 1. The van der Waals surface area contributed by atoms with Crippen LogP contribution in [-0.4, -0.2) is 31.6 Å². The van der Waals surface area contributed by atoms with Gasteiger partial charge in [0, 0.05) is 12.5 Å². The smallest absolute Gasteiger partial charge is 0.313 e. The zero-order chi connectivity index (χ0) is 14.3. The Hall–Kier alpha value is -1.04. The molecule has 1 unspecified atom stereocenters. The molecule has 0 aliphatic carbocycles. The molecule has 108 valence electrons. The predicted molar refractivity (Wildman–Crippen MR) is 76.6 cm³/mol. The lowest BCUT2D eigenvalue weighted by molar-refractivity contribution is -0.133. The first-order valence-electron chi connectivity index (χ1n) is 6.88. The second kappa shape index (κ2) is 8.19. The van der Waals surface area contributed by atoms with E-state index in [1.807, 2.05) is 0 Å². The van der Waals surface area contributed by atoms with Gasteiger partial charge in [0.1, 0.15) is 5.82 Å². The number of thioether (sulfide) groups is 1. The summed E-state index contributed by atoms with van der Waals surface area (Å²) in [4.78, 5) is 10.7. The molecular formula is C13H23N3O2S. The van der Waals surface area contributed by atoms with Gasteiger partial charge in [-0.05, 0) is 19.8 Å². The van der Waals surface area contributed by atoms with Crippen molar-refractivity contribution < 1.29 is 9.90 Å². The van der Waals surface area contributed by atoms with E-state index in [4.69, 9.17) is 5.11 Å². The minimum Gasteiger partial charge on any atom is -0.481 e. The summed E-state index contributed by atoms with van der Waals surface area (Å²) >= 11 is 1.25. The fourth-order valence-corrected chi connectivity index (χ4v) is 2.77. The monoisotopic (exact) mass is 285 g/mol. The van der Waals surface area contributed by atoms with Crippen LogP contribution in [0.3, 0.4) is 0 Å². The molecule has 0 amide bonds. The molecule has 0 saturated carbocycles. The third-order valence-electron chi connectivity index (χ3n) is 2.95. The lowest BCUT2D eigenvalue weighted by Gasteiger charge is -2.17. The Labute approximate surface area is 118 Å². The highest BCUT2D eigenvalue weighted by atomic mass is 32.2. The minimum absolute atomic E-state index is 0.0325. The van der Waals surface area contributed by atoms with Crippen LogP contribution in [0.1, 0.15) is 58.3 Å². The quantitative estimate of drug-likeness (QED) is 0.706. The molecule has 0 bridgehead atoms. The zero-order valence-electron chi connectivity index (χ0n) is 11.9. The molecule has 1 aromatic heterocycles. The van der Waals surface area contributed by atoms with Crippen molar-refractivity contribution in [3.05, 3.63) is 5.82 Å². The molecule has 0 fully saturated rings. The van der Waals surface area contributed by atoms with Gasteiger partial charge in [0.25, 0.3) is 0 Å². The summed E-state index contributed by atoms with van der Waals surface area (Å²) in [5, 5.41) is 17.9. The van der Waals surface area contributed by atoms with E-state index in [9.17, 15) is 4.79 Å². The van der Waals surface area contributed by atoms with Crippen LogP contribution in [0.2, 0.25) is 0 Å². The molecule has 0 spiro atoms. The highest BCUT2D eigenvalue weighted by molar-refractivity contribution is 7.99. The van der Waals surface area contributed by atoms with Crippen LogP contribution in [0.5, 0.6) is 0 Å². The fourth-order valence-electron chi connectivity index (χ4n) is 2.00. The maximum absolute atomic E-state index is 10.7. The Morgan fingerprint density at radius 2 is 2.11 bits per heavy atom. The van der Waals surface area contributed by atoms with Gasteiger partial charge in [0.05, 0.1) is 5.75 Å². The Morgan fingerprint density at radius 1 is 1.37 bits per heavy atom. The Morgan fingerprint density at radius 3 is 2.68 bits per heavy atom. The molecule has 0 radical (unpaired) electrons. The molecule has 1 heterocycles. The number of aliphatic carboxylic acids is 1. The van der Waals surface area contributed by atoms with Crippen molar-refractivity contribution in [2.75, 3.05) is 5.75 Å². The van der Waals surface area contributed by atoms with Gasteiger partial charge in [-0.2, -0.15) is 0 Å². The second-order valence-corrected chi connectivity index (χ2v) is 5.63. The van der Waals surface area contributed by atoms with Crippen molar-refractivity contribution in [2.24, 2.45) is 0 Å². The van der Waals surface area contributed by atoms with Crippen LogP contribution in [0.15, 0.2) is 5.16 Å². The minimum atomic E-state index is -0.821. The molecule has 0 saturated heterocycles. The normalized spacial score (nSPS) is 12.6. The first-order valence-corrected chi connectivity index (χ1v) is 7.87. The third kappa shape index (κ3) is 4.86. The van der Waals surface area contributed by atoms with Crippen LogP contribution < -0.4 is 0 Å². The lowest BCUT2D eigenvalue weighted by atomic mass is 10.1. The number of carbonyl (C=O) groups is 1. The standard InChI is InChI=1S/C13H23N3O2S/c1-4-6-8-10(3)16-11(7-5-2)14-15-13(16)19-9-12(17)18/h10H,4-9H2,1-3H3,(H,17,18). The zero-order valence-corrected chi connectivity index (χ0v) is 12.7. The van der Waals surface area contributed by atoms with Gasteiger partial charge >= 0.3 is 5.97 Å². The number of aromatic nitrogens is 3. The van der Waals surface area contributed by atoms with E-state index < -0.39 is 5.97 Å². The van der Waals surface area contributed by atoms with Crippen LogP contribution in [0, 0.1) is 0 Å². The molecule has 5 nitrogen and oxygen atoms in total. The van der Waals surface area contributed by atoms with E-state index in [1.165, 1.54) is 11.8 Å². The first-order chi connectivity index (χ1) is 9.10. The van der Waals surface area contributed by atoms with Gasteiger partial charge in [0.15, 0.2) is 5.16 Å². The van der Waals surface area contributed by atoms with Gasteiger partial charge in [-0.25, -0.2) is 0 Å². The third-order valence-corrected chi connectivity index (χ3v) is 3.88. The largest absolute Gasteiger partial charge is 0.481 e. The Bertz CT molecular complexity index is 407. The summed E-state index contributed by atoms with van der Waals surface area (Å²) in [5.41, 5.74) is 0. The highest BCUT2D eigenvalue weighted by Crippen LogP contribution is 2.25. The molecular weight excluding hydrogens is 262 g/mol. The Kier molecular flexibility index (Phi) is 6.91. The van der Waals surface area contributed by atoms with E-state index in [2.05, 4.69) is 35.5 Å². The van der Waals surface area contributed by atoms with E-state index >= 15 is 0 Å².